The molecule has 0 spiro atoms. The van der Waals surface area contributed by atoms with Crippen LogP contribution in [0.15, 0.2) is 24.3 Å². The number of rotatable bonds is 6. The van der Waals surface area contributed by atoms with Gasteiger partial charge in [-0.1, -0.05) is 18.2 Å². The number of methoxy groups -OCH3 is 1. The highest BCUT2D eigenvalue weighted by Gasteiger charge is 2.27. The number of carbonyl (C=O) groups excluding carboxylic acids is 2. The number of nitrogens with one attached hydrogen (secondary N) is 1. The Kier molecular flexibility index (Phi) is 4.52. The van der Waals surface area contributed by atoms with Gasteiger partial charge in [0.25, 0.3) is 5.91 Å². The zero-order chi connectivity index (χ0) is 13.7. The Morgan fingerprint density at radius 1 is 1.42 bits per heavy atom. The fraction of sp³-hybridized carbons (Fsp3) is 0.429. The van der Waals surface area contributed by atoms with Crippen LogP contribution in [-0.2, 0) is 16.1 Å². The molecular weight excluding hydrogens is 244 g/mol. The molecule has 19 heavy (non-hydrogen) atoms. The van der Waals surface area contributed by atoms with Crippen molar-refractivity contribution >= 4 is 11.8 Å². The van der Waals surface area contributed by atoms with Gasteiger partial charge < -0.3 is 15.0 Å². The molecule has 1 heterocycles. The molecule has 1 aliphatic heterocycles. The number of amides is 2. The first-order valence-corrected chi connectivity index (χ1v) is 6.35. The molecule has 0 saturated carbocycles. The van der Waals surface area contributed by atoms with Gasteiger partial charge in [0.05, 0.1) is 0 Å². The molecule has 0 bridgehead atoms. The highest BCUT2D eigenvalue weighted by Crippen LogP contribution is 2.21. The molecule has 1 aromatic carbocycles. The van der Waals surface area contributed by atoms with Crippen molar-refractivity contribution in [2.45, 2.75) is 13.0 Å². The molecule has 0 radical (unpaired) electrons. The van der Waals surface area contributed by atoms with Crippen molar-refractivity contribution in [2.24, 2.45) is 0 Å². The second-order valence-electron chi connectivity index (χ2n) is 4.51. The fourth-order valence-electron chi connectivity index (χ4n) is 2.12. The van der Waals surface area contributed by atoms with E-state index in [4.69, 9.17) is 4.74 Å². The summed E-state index contributed by atoms with van der Waals surface area (Å²) in [7, 11) is 1.63. The van der Waals surface area contributed by atoms with Crippen LogP contribution < -0.4 is 5.32 Å². The van der Waals surface area contributed by atoms with Gasteiger partial charge in [0.1, 0.15) is 6.54 Å². The van der Waals surface area contributed by atoms with Crippen molar-refractivity contribution in [1.82, 2.24) is 10.2 Å². The molecule has 2 amide bonds. The Bertz CT molecular complexity index is 474. The van der Waals surface area contributed by atoms with Crippen molar-refractivity contribution < 1.29 is 14.3 Å². The summed E-state index contributed by atoms with van der Waals surface area (Å²) in [4.78, 5) is 25.3. The molecule has 0 aromatic heterocycles. The highest BCUT2D eigenvalue weighted by atomic mass is 16.5. The molecule has 1 aromatic rings. The van der Waals surface area contributed by atoms with E-state index in [1.807, 2.05) is 18.2 Å². The van der Waals surface area contributed by atoms with Gasteiger partial charge in [-0.25, -0.2) is 0 Å². The number of hydrogen-bond donors (Lipinski definition) is 1. The van der Waals surface area contributed by atoms with Gasteiger partial charge in [-0.05, 0) is 18.1 Å². The maximum Gasteiger partial charge on any atom is 0.254 e. The maximum atomic E-state index is 12.0. The summed E-state index contributed by atoms with van der Waals surface area (Å²) < 4.78 is 4.90. The Labute approximate surface area is 112 Å². The lowest BCUT2D eigenvalue weighted by Gasteiger charge is -2.15. The van der Waals surface area contributed by atoms with E-state index in [2.05, 4.69) is 5.32 Å². The van der Waals surface area contributed by atoms with Crippen molar-refractivity contribution in [3.05, 3.63) is 35.4 Å². The average Bonchev–Trinajstić information content (AvgIpc) is 2.72. The number of hydrogen-bond acceptors (Lipinski definition) is 3. The molecule has 2 rings (SSSR count). The van der Waals surface area contributed by atoms with Crippen LogP contribution in [0.2, 0.25) is 0 Å². The third-order valence-electron chi connectivity index (χ3n) is 3.08. The molecule has 0 unspecified atom stereocenters. The summed E-state index contributed by atoms with van der Waals surface area (Å²) in [6, 6.07) is 7.46. The Morgan fingerprint density at radius 2 is 2.21 bits per heavy atom. The van der Waals surface area contributed by atoms with Crippen molar-refractivity contribution in [3.63, 3.8) is 0 Å². The van der Waals surface area contributed by atoms with Crippen LogP contribution in [0.5, 0.6) is 0 Å². The summed E-state index contributed by atoms with van der Waals surface area (Å²) >= 11 is 0. The van der Waals surface area contributed by atoms with Crippen LogP contribution in [0, 0.1) is 0 Å². The van der Waals surface area contributed by atoms with Crippen LogP contribution in [0.1, 0.15) is 22.3 Å². The van der Waals surface area contributed by atoms with E-state index < -0.39 is 0 Å². The van der Waals surface area contributed by atoms with Gasteiger partial charge in [-0.2, -0.15) is 0 Å². The molecule has 1 aliphatic rings. The van der Waals surface area contributed by atoms with Crippen LogP contribution in [-0.4, -0.2) is 43.5 Å². The van der Waals surface area contributed by atoms with Gasteiger partial charge in [0.2, 0.25) is 5.91 Å². The van der Waals surface area contributed by atoms with Crippen LogP contribution in [0.25, 0.3) is 0 Å². The van der Waals surface area contributed by atoms with Crippen LogP contribution in [0.3, 0.4) is 0 Å². The zero-order valence-corrected chi connectivity index (χ0v) is 11.0. The summed E-state index contributed by atoms with van der Waals surface area (Å²) in [6.45, 7) is 1.82. The van der Waals surface area contributed by atoms with E-state index in [0.29, 0.717) is 25.3 Å². The SMILES string of the molecule is COCCCNC(=O)CN1Cc2ccccc2C1=O. The van der Waals surface area contributed by atoms with E-state index in [0.717, 1.165) is 12.0 Å². The second kappa shape index (κ2) is 6.33. The molecule has 0 aliphatic carbocycles. The topological polar surface area (TPSA) is 58.6 Å². The molecule has 102 valence electrons. The summed E-state index contributed by atoms with van der Waals surface area (Å²) in [5.74, 6) is -0.195. The lowest BCUT2D eigenvalue weighted by atomic mass is 10.1. The summed E-state index contributed by atoms with van der Waals surface area (Å²) in [5, 5.41) is 2.78. The van der Waals surface area contributed by atoms with Gasteiger partial charge >= 0.3 is 0 Å². The van der Waals surface area contributed by atoms with E-state index in [9.17, 15) is 9.59 Å². The summed E-state index contributed by atoms with van der Waals surface area (Å²) in [6.07, 6.45) is 0.774. The molecule has 0 fully saturated rings. The van der Waals surface area contributed by atoms with Crippen molar-refractivity contribution in [2.75, 3.05) is 26.8 Å². The number of benzene rings is 1. The Balaban J connectivity index is 1.82. The van der Waals surface area contributed by atoms with Gasteiger partial charge in [-0.3, -0.25) is 9.59 Å². The van der Waals surface area contributed by atoms with Crippen LogP contribution >= 0.6 is 0 Å². The largest absolute Gasteiger partial charge is 0.385 e. The number of fused-ring (bicyclic) bond motifs is 1. The molecule has 5 heteroatoms. The van der Waals surface area contributed by atoms with Crippen molar-refractivity contribution in [3.8, 4) is 0 Å². The molecule has 1 N–H and O–H groups in total. The predicted octanol–water partition coefficient (Wildman–Crippen LogP) is 0.795. The minimum absolute atomic E-state index is 0.0670. The first-order valence-electron chi connectivity index (χ1n) is 6.35. The quantitative estimate of drug-likeness (QED) is 0.771. The minimum Gasteiger partial charge on any atom is -0.385 e. The second-order valence-corrected chi connectivity index (χ2v) is 4.51. The number of carbonyl (C=O) groups is 2. The van der Waals surface area contributed by atoms with Gasteiger partial charge in [0, 0.05) is 32.4 Å². The number of ether oxygens (including phenoxy) is 1. The van der Waals surface area contributed by atoms with Gasteiger partial charge in [-0.15, -0.1) is 0 Å². The van der Waals surface area contributed by atoms with E-state index in [-0.39, 0.29) is 18.4 Å². The zero-order valence-electron chi connectivity index (χ0n) is 11.0. The molecular formula is C14H18N2O3. The molecule has 5 nitrogen and oxygen atoms in total. The van der Waals surface area contributed by atoms with E-state index >= 15 is 0 Å². The maximum absolute atomic E-state index is 12.0. The fourth-order valence-corrected chi connectivity index (χ4v) is 2.12. The lowest BCUT2D eigenvalue weighted by Crippen LogP contribution is -2.37. The third-order valence-corrected chi connectivity index (χ3v) is 3.08. The monoisotopic (exact) mass is 262 g/mol. The third kappa shape index (κ3) is 3.32. The normalized spacial score (nSPS) is 13.5. The lowest BCUT2D eigenvalue weighted by molar-refractivity contribution is -0.121. The Hall–Kier alpha value is -1.88. The van der Waals surface area contributed by atoms with Crippen LogP contribution in [0.4, 0.5) is 0 Å². The smallest absolute Gasteiger partial charge is 0.254 e. The van der Waals surface area contributed by atoms with Gasteiger partial charge in [0.15, 0.2) is 0 Å². The minimum atomic E-state index is -0.128. The van der Waals surface area contributed by atoms with E-state index in [1.54, 1.807) is 18.1 Å². The molecule has 0 atom stereocenters. The average molecular weight is 262 g/mol. The standard InChI is InChI=1S/C14H18N2O3/c1-19-8-4-7-15-13(17)10-16-9-11-5-2-3-6-12(11)14(16)18/h2-3,5-6H,4,7-10H2,1H3,(H,15,17). The van der Waals surface area contributed by atoms with E-state index in [1.165, 1.54) is 0 Å². The summed E-state index contributed by atoms with van der Waals surface area (Å²) in [5.41, 5.74) is 1.69. The van der Waals surface area contributed by atoms with Crippen molar-refractivity contribution in [1.29, 1.82) is 0 Å². The predicted molar refractivity (Wildman–Crippen MR) is 70.7 cm³/mol. The first-order chi connectivity index (χ1) is 9.22. The molecule has 0 saturated heterocycles. The number of nitrogens with zero attached hydrogens (tertiary/aromatic N) is 1. The first kappa shape index (κ1) is 13.5. The highest BCUT2D eigenvalue weighted by molar-refractivity contribution is 6.00. The Morgan fingerprint density at radius 3 is 2.95 bits per heavy atom.